The first-order valence-corrected chi connectivity index (χ1v) is 10.6. The summed E-state index contributed by atoms with van der Waals surface area (Å²) in [6.07, 6.45) is 2.41. The van der Waals surface area contributed by atoms with Crippen molar-refractivity contribution in [1.29, 1.82) is 0 Å². The Labute approximate surface area is 172 Å². The maximum Gasteiger partial charge on any atom is 0.234 e. The Bertz CT molecular complexity index is 811. The van der Waals surface area contributed by atoms with Crippen molar-refractivity contribution in [3.8, 4) is 0 Å². The van der Waals surface area contributed by atoms with Crippen LogP contribution in [-0.2, 0) is 4.79 Å². The normalized spacial score (nSPS) is 18.7. The zero-order chi connectivity index (χ0) is 19.5. The predicted octanol–water partition coefficient (Wildman–Crippen LogP) is 4.04. The summed E-state index contributed by atoms with van der Waals surface area (Å²) < 4.78 is 0. The van der Waals surface area contributed by atoms with Crippen molar-refractivity contribution in [2.45, 2.75) is 25.8 Å². The number of carbonyl (C=O) groups is 1. The lowest BCUT2D eigenvalue weighted by atomic mass is 10.0. The van der Waals surface area contributed by atoms with E-state index >= 15 is 0 Å². The molecule has 4 rings (SSSR count). The van der Waals surface area contributed by atoms with E-state index in [0.717, 1.165) is 36.9 Å². The SMILES string of the molecule is Cc1ccc(C(NC(=O)CN2CCN(c3ccccc3Cl)CC2)C2CC2)cc1. The quantitative estimate of drug-likeness (QED) is 0.799. The molecule has 1 atom stereocenters. The number of aryl methyl sites for hydroxylation is 1. The smallest absolute Gasteiger partial charge is 0.234 e. The Morgan fingerprint density at radius 1 is 1.07 bits per heavy atom. The lowest BCUT2D eigenvalue weighted by molar-refractivity contribution is -0.123. The summed E-state index contributed by atoms with van der Waals surface area (Å²) in [5, 5.41) is 4.09. The molecule has 5 heteroatoms. The minimum absolute atomic E-state index is 0.128. The molecule has 1 unspecified atom stereocenters. The molecule has 2 aromatic rings. The second kappa shape index (κ2) is 8.54. The van der Waals surface area contributed by atoms with E-state index in [-0.39, 0.29) is 11.9 Å². The number of hydrogen-bond donors (Lipinski definition) is 1. The Balaban J connectivity index is 1.30. The molecule has 0 radical (unpaired) electrons. The number of amides is 1. The first-order chi connectivity index (χ1) is 13.6. The number of nitrogens with one attached hydrogen (secondary N) is 1. The summed E-state index contributed by atoms with van der Waals surface area (Å²) in [4.78, 5) is 17.3. The fourth-order valence-electron chi connectivity index (χ4n) is 3.95. The molecule has 0 spiro atoms. The summed E-state index contributed by atoms with van der Waals surface area (Å²) in [7, 11) is 0. The zero-order valence-corrected chi connectivity index (χ0v) is 17.2. The van der Waals surface area contributed by atoms with Gasteiger partial charge in [-0.15, -0.1) is 0 Å². The average molecular weight is 398 g/mol. The topological polar surface area (TPSA) is 35.6 Å². The Morgan fingerprint density at radius 3 is 2.39 bits per heavy atom. The van der Waals surface area contributed by atoms with Crippen LogP contribution in [0.2, 0.25) is 5.02 Å². The van der Waals surface area contributed by atoms with Crippen LogP contribution in [0.5, 0.6) is 0 Å². The van der Waals surface area contributed by atoms with Gasteiger partial charge in [0, 0.05) is 26.2 Å². The van der Waals surface area contributed by atoms with Gasteiger partial charge in [-0.25, -0.2) is 0 Å². The zero-order valence-electron chi connectivity index (χ0n) is 16.4. The molecule has 2 aromatic carbocycles. The molecule has 4 nitrogen and oxygen atoms in total. The Hall–Kier alpha value is -2.04. The Morgan fingerprint density at radius 2 is 1.75 bits per heavy atom. The highest BCUT2D eigenvalue weighted by atomic mass is 35.5. The summed E-state index contributed by atoms with van der Waals surface area (Å²) in [6, 6.07) is 16.7. The minimum atomic E-state index is 0.128. The van der Waals surface area contributed by atoms with Gasteiger partial charge in [-0.2, -0.15) is 0 Å². The molecule has 0 bridgehead atoms. The van der Waals surface area contributed by atoms with Crippen LogP contribution in [0.25, 0.3) is 0 Å². The second-order valence-electron chi connectivity index (χ2n) is 8.01. The van der Waals surface area contributed by atoms with Crippen molar-refractivity contribution >= 4 is 23.2 Å². The van der Waals surface area contributed by atoms with Crippen molar-refractivity contribution in [3.63, 3.8) is 0 Å². The number of rotatable bonds is 6. The molecule has 2 fully saturated rings. The van der Waals surface area contributed by atoms with E-state index in [1.807, 2.05) is 18.2 Å². The molecule has 2 aliphatic rings. The summed E-state index contributed by atoms with van der Waals surface area (Å²) >= 11 is 6.32. The number of benzene rings is 2. The fraction of sp³-hybridized carbons (Fsp3) is 0.435. The molecule has 1 saturated carbocycles. The molecule has 0 aromatic heterocycles. The van der Waals surface area contributed by atoms with E-state index in [4.69, 9.17) is 11.6 Å². The lowest BCUT2D eigenvalue weighted by Gasteiger charge is -2.36. The van der Waals surface area contributed by atoms with Crippen molar-refractivity contribution in [2.24, 2.45) is 5.92 Å². The van der Waals surface area contributed by atoms with E-state index in [0.29, 0.717) is 12.5 Å². The van der Waals surface area contributed by atoms with E-state index < -0.39 is 0 Å². The third-order valence-corrected chi connectivity index (χ3v) is 6.10. The molecular formula is C23H28ClN3O. The first kappa shape index (κ1) is 19.3. The second-order valence-corrected chi connectivity index (χ2v) is 8.42. The van der Waals surface area contributed by atoms with Crippen LogP contribution in [-0.4, -0.2) is 43.5 Å². The number of hydrogen-bond acceptors (Lipinski definition) is 3. The van der Waals surface area contributed by atoms with Gasteiger partial charge in [0.25, 0.3) is 0 Å². The van der Waals surface area contributed by atoms with Gasteiger partial charge < -0.3 is 10.2 Å². The fourth-order valence-corrected chi connectivity index (χ4v) is 4.21. The number of halogens is 1. The highest BCUT2D eigenvalue weighted by Crippen LogP contribution is 2.41. The van der Waals surface area contributed by atoms with Gasteiger partial charge in [0.15, 0.2) is 0 Å². The van der Waals surface area contributed by atoms with Gasteiger partial charge >= 0.3 is 0 Å². The van der Waals surface area contributed by atoms with Gasteiger partial charge in [-0.1, -0.05) is 53.6 Å². The molecule has 1 heterocycles. The average Bonchev–Trinajstić information content (AvgIpc) is 3.53. The maximum atomic E-state index is 12.7. The van der Waals surface area contributed by atoms with E-state index in [2.05, 4.69) is 52.4 Å². The number of para-hydroxylation sites is 1. The van der Waals surface area contributed by atoms with Crippen LogP contribution in [0, 0.1) is 12.8 Å². The number of anilines is 1. The highest BCUT2D eigenvalue weighted by molar-refractivity contribution is 6.33. The molecule has 148 valence electrons. The van der Waals surface area contributed by atoms with Gasteiger partial charge in [0.2, 0.25) is 5.91 Å². The van der Waals surface area contributed by atoms with Gasteiger partial charge in [0.1, 0.15) is 0 Å². The van der Waals surface area contributed by atoms with Crippen LogP contribution >= 0.6 is 11.6 Å². The van der Waals surface area contributed by atoms with E-state index in [1.54, 1.807) is 0 Å². The molecule has 1 N–H and O–H groups in total. The molecular weight excluding hydrogens is 370 g/mol. The van der Waals surface area contributed by atoms with Crippen molar-refractivity contribution in [2.75, 3.05) is 37.6 Å². The lowest BCUT2D eigenvalue weighted by Crippen LogP contribution is -2.50. The van der Waals surface area contributed by atoms with Crippen LogP contribution < -0.4 is 10.2 Å². The molecule has 28 heavy (non-hydrogen) atoms. The maximum absolute atomic E-state index is 12.7. The third kappa shape index (κ3) is 4.68. The summed E-state index contributed by atoms with van der Waals surface area (Å²) in [5.74, 6) is 0.715. The van der Waals surface area contributed by atoms with Crippen LogP contribution in [0.4, 0.5) is 5.69 Å². The van der Waals surface area contributed by atoms with E-state index in [1.165, 1.54) is 24.0 Å². The van der Waals surface area contributed by atoms with Crippen molar-refractivity contribution in [1.82, 2.24) is 10.2 Å². The van der Waals surface area contributed by atoms with Gasteiger partial charge in [0.05, 0.1) is 23.3 Å². The van der Waals surface area contributed by atoms with Crippen molar-refractivity contribution in [3.05, 3.63) is 64.7 Å². The van der Waals surface area contributed by atoms with Crippen LogP contribution in [0.15, 0.2) is 48.5 Å². The number of nitrogens with zero attached hydrogens (tertiary/aromatic N) is 2. The van der Waals surface area contributed by atoms with Crippen LogP contribution in [0.3, 0.4) is 0 Å². The molecule has 1 aliphatic carbocycles. The third-order valence-electron chi connectivity index (χ3n) is 5.78. The molecule has 1 saturated heterocycles. The standard InChI is InChI=1S/C23H28ClN3O/c1-17-6-8-18(9-7-17)23(19-10-11-19)25-22(28)16-26-12-14-27(15-13-26)21-5-3-2-4-20(21)24/h2-9,19,23H,10-16H2,1H3,(H,25,28). The highest BCUT2D eigenvalue weighted by Gasteiger charge is 2.33. The first-order valence-electron chi connectivity index (χ1n) is 10.2. The molecule has 1 amide bonds. The number of piperazine rings is 1. The van der Waals surface area contributed by atoms with Crippen molar-refractivity contribution < 1.29 is 4.79 Å². The predicted molar refractivity (Wildman–Crippen MR) is 115 cm³/mol. The largest absolute Gasteiger partial charge is 0.368 e. The monoisotopic (exact) mass is 397 g/mol. The number of carbonyl (C=O) groups excluding carboxylic acids is 1. The van der Waals surface area contributed by atoms with E-state index in [9.17, 15) is 4.79 Å². The molecule has 1 aliphatic heterocycles. The van der Waals surface area contributed by atoms with Gasteiger partial charge in [-0.3, -0.25) is 9.69 Å². The summed E-state index contributed by atoms with van der Waals surface area (Å²) in [5.41, 5.74) is 3.56. The van der Waals surface area contributed by atoms with Crippen LogP contribution in [0.1, 0.15) is 30.0 Å². The van der Waals surface area contributed by atoms with Gasteiger partial charge in [-0.05, 0) is 43.4 Å². The Kier molecular flexibility index (Phi) is 5.88. The summed E-state index contributed by atoms with van der Waals surface area (Å²) in [6.45, 7) is 6.08. The minimum Gasteiger partial charge on any atom is -0.368 e.